The lowest BCUT2D eigenvalue weighted by molar-refractivity contribution is -0.132. The van der Waals surface area contributed by atoms with Crippen molar-refractivity contribution in [2.45, 2.75) is 25.3 Å². The van der Waals surface area contributed by atoms with Gasteiger partial charge in [-0.15, -0.1) is 0 Å². The zero-order valence-corrected chi connectivity index (χ0v) is 15.0. The number of nitrogens with zero attached hydrogens (tertiary/aromatic N) is 3. The van der Waals surface area contributed by atoms with E-state index in [4.69, 9.17) is 0 Å². The molecule has 0 saturated carbocycles. The van der Waals surface area contributed by atoms with Crippen LogP contribution < -0.4 is 5.32 Å². The number of benzene rings is 1. The molecule has 0 bridgehead atoms. The van der Waals surface area contributed by atoms with Crippen LogP contribution in [-0.4, -0.2) is 78.9 Å². The highest BCUT2D eigenvalue weighted by molar-refractivity contribution is 5.93. The third-order valence-electron chi connectivity index (χ3n) is 5.19. The number of para-hydroxylation sites is 1. The van der Waals surface area contributed by atoms with E-state index < -0.39 is 0 Å². The Morgan fingerprint density at radius 1 is 1.04 bits per heavy atom. The molecule has 2 fully saturated rings. The minimum Gasteiger partial charge on any atom is -0.341 e. The second kappa shape index (κ2) is 8.45. The van der Waals surface area contributed by atoms with Crippen LogP contribution >= 0.6 is 0 Å². The molecule has 0 aromatic heterocycles. The molecule has 2 saturated heterocycles. The number of anilines is 1. The minimum absolute atomic E-state index is 0.0971. The number of rotatable bonds is 5. The first-order valence-electron chi connectivity index (χ1n) is 9.17. The largest absolute Gasteiger partial charge is 0.341 e. The van der Waals surface area contributed by atoms with Gasteiger partial charge in [-0.05, 0) is 25.6 Å². The lowest BCUT2D eigenvalue weighted by Gasteiger charge is -2.36. The molecule has 1 atom stereocenters. The zero-order valence-electron chi connectivity index (χ0n) is 15.0. The van der Waals surface area contributed by atoms with E-state index in [0.717, 1.165) is 51.4 Å². The molecule has 0 aliphatic carbocycles. The normalized spacial score (nSPS) is 22.1. The third kappa shape index (κ3) is 5.03. The number of nitrogens with one attached hydrogen (secondary N) is 1. The lowest BCUT2D eigenvalue weighted by atomic mass is 10.2. The number of carbonyl (C=O) groups is 2. The first-order chi connectivity index (χ1) is 12.1. The Hall–Kier alpha value is -1.92. The van der Waals surface area contributed by atoms with Crippen LogP contribution in [0.3, 0.4) is 0 Å². The van der Waals surface area contributed by atoms with Gasteiger partial charge in [-0.2, -0.15) is 0 Å². The average molecular weight is 344 g/mol. The summed E-state index contributed by atoms with van der Waals surface area (Å²) in [7, 11) is 2.16. The van der Waals surface area contributed by atoms with Crippen LogP contribution in [0.5, 0.6) is 0 Å². The van der Waals surface area contributed by atoms with Gasteiger partial charge in [0.25, 0.3) is 0 Å². The molecule has 6 nitrogen and oxygen atoms in total. The Morgan fingerprint density at radius 2 is 1.76 bits per heavy atom. The summed E-state index contributed by atoms with van der Waals surface area (Å²) in [5.74, 6) is -0.00537. The van der Waals surface area contributed by atoms with Gasteiger partial charge in [0.15, 0.2) is 0 Å². The van der Waals surface area contributed by atoms with E-state index in [0.29, 0.717) is 6.04 Å². The van der Waals surface area contributed by atoms with Gasteiger partial charge in [0.05, 0.1) is 0 Å². The Balaban J connectivity index is 1.39. The predicted octanol–water partition coefficient (Wildman–Crippen LogP) is 1.25. The number of amides is 2. The summed E-state index contributed by atoms with van der Waals surface area (Å²) < 4.78 is 0. The van der Waals surface area contributed by atoms with E-state index in [1.165, 1.54) is 0 Å². The molecule has 2 heterocycles. The monoisotopic (exact) mass is 344 g/mol. The molecule has 2 amide bonds. The predicted molar refractivity (Wildman–Crippen MR) is 98.4 cm³/mol. The summed E-state index contributed by atoms with van der Waals surface area (Å²) >= 11 is 0. The van der Waals surface area contributed by atoms with Crippen molar-refractivity contribution < 1.29 is 9.59 Å². The molecule has 6 heteroatoms. The molecule has 25 heavy (non-hydrogen) atoms. The van der Waals surface area contributed by atoms with E-state index in [-0.39, 0.29) is 24.7 Å². The van der Waals surface area contributed by atoms with Gasteiger partial charge in [-0.25, -0.2) is 0 Å². The quantitative estimate of drug-likeness (QED) is 0.874. The summed E-state index contributed by atoms with van der Waals surface area (Å²) in [5.41, 5.74) is 0.774. The summed E-state index contributed by atoms with van der Waals surface area (Å²) in [6, 6.07) is 9.84. The lowest BCUT2D eigenvalue weighted by Crippen LogP contribution is -2.50. The molecular weight excluding hydrogens is 316 g/mol. The van der Waals surface area contributed by atoms with Crippen LogP contribution in [0.1, 0.15) is 19.3 Å². The Bertz CT molecular complexity index is 584. The molecule has 1 N–H and O–H groups in total. The minimum atomic E-state index is -0.102. The number of likely N-dealkylation sites (tertiary alicyclic amines) is 1. The fourth-order valence-corrected chi connectivity index (χ4v) is 3.58. The van der Waals surface area contributed by atoms with Gasteiger partial charge in [-0.3, -0.25) is 14.5 Å². The van der Waals surface area contributed by atoms with E-state index in [1.807, 2.05) is 35.2 Å². The topological polar surface area (TPSA) is 55.9 Å². The number of hydrogen-bond donors (Lipinski definition) is 1. The van der Waals surface area contributed by atoms with Gasteiger partial charge in [-0.1, -0.05) is 18.2 Å². The first kappa shape index (κ1) is 17.9. The van der Waals surface area contributed by atoms with Gasteiger partial charge >= 0.3 is 0 Å². The molecule has 0 radical (unpaired) electrons. The summed E-state index contributed by atoms with van der Waals surface area (Å²) in [6.45, 7) is 6.00. The van der Waals surface area contributed by atoms with Crippen molar-refractivity contribution in [3.63, 3.8) is 0 Å². The van der Waals surface area contributed by atoms with Crippen molar-refractivity contribution in [3.8, 4) is 0 Å². The molecule has 3 rings (SSSR count). The van der Waals surface area contributed by atoms with Crippen molar-refractivity contribution in [2.75, 3.05) is 51.6 Å². The van der Waals surface area contributed by atoms with E-state index in [1.54, 1.807) is 0 Å². The van der Waals surface area contributed by atoms with E-state index in [9.17, 15) is 9.59 Å². The molecule has 2 aliphatic rings. The molecule has 2 aliphatic heterocycles. The first-order valence-corrected chi connectivity index (χ1v) is 9.17. The van der Waals surface area contributed by atoms with Crippen molar-refractivity contribution >= 4 is 17.5 Å². The van der Waals surface area contributed by atoms with Crippen LogP contribution in [-0.2, 0) is 9.59 Å². The Kier molecular flexibility index (Phi) is 6.04. The molecular formula is C19H28N4O2. The average Bonchev–Trinajstić information content (AvgIpc) is 3.11. The Labute approximate surface area is 149 Å². The Morgan fingerprint density at radius 3 is 2.48 bits per heavy atom. The maximum absolute atomic E-state index is 12.4. The third-order valence-corrected chi connectivity index (χ3v) is 5.19. The van der Waals surface area contributed by atoms with Gasteiger partial charge in [0, 0.05) is 63.8 Å². The van der Waals surface area contributed by atoms with E-state index >= 15 is 0 Å². The summed E-state index contributed by atoms with van der Waals surface area (Å²) in [5, 5.41) is 2.83. The van der Waals surface area contributed by atoms with Crippen LogP contribution in [0.25, 0.3) is 0 Å². The highest BCUT2D eigenvalue weighted by Crippen LogP contribution is 2.18. The SMILES string of the molecule is CN1CCN([C@@H]2CCN(C(=O)CCC(=O)Nc3ccccc3)C2)CC1. The van der Waals surface area contributed by atoms with Crippen molar-refractivity contribution in [3.05, 3.63) is 30.3 Å². The van der Waals surface area contributed by atoms with Crippen LogP contribution in [0.2, 0.25) is 0 Å². The van der Waals surface area contributed by atoms with Gasteiger partial charge < -0.3 is 15.1 Å². The second-order valence-corrected chi connectivity index (χ2v) is 7.04. The molecule has 0 spiro atoms. The van der Waals surface area contributed by atoms with Gasteiger partial charge in [0.2, 0.25) is 11.8 Å². The highest BCUT2D eigenvalue weighted by Gasteiger charge is 2.31. The highest BCUT2D eigenvalue weighted by atomic mass is 16.2. The van der Waals surface area contributed by atoms with Gasteiger partial charge in [0.1, 0.15) is 0 Å². The fourth-order valence-electron chi connectivity index (χ4n) is 3.58. The number of carbonyl (C=O) groups excluding carboxylic acids is 2. The summed E-state index contributed by atoms with van der Waals surface area (Å²) in [6.07, 6.45) is 1.57. The molecule has 1 aromatic carbocycles. The summed E-state index contributed by atoms with van der Waals surface area (Å²) in [4.78, 5) is 31.2. The number of piperazine rings is 1. The molecule has 1 aromatic rings. The fraction of sp³-hybridized carbons (Fsp3) is 0.579. The smallest absolute Gasteiger partial charge is 0.224 e. The maximum atomic E-state index is 12.4. The zero-order chi connectivity index (χ0) is 17.6. The number of hydrogen-bond acceptors (Lipinski definition) is 4. The van der Waals surface area contributed by atoms with Crippen molar-refractivity contribution in [2.24, 2.45) is 0 Å². The van der Waals surface area contributed by atoms with Crippen molar-refractivity contribution in [1.29, 1.82) is 0 Å². The molecule has 136 valence electrons. The van der Waals surface area contributed by atoms with Crippen LogP contribution in [0, 0.1) is 0 Å². The molecule has 0 unspecified atom stereocenters. The van der Waals surface area contributed by atoms with Crippen LogP contribution in [0.4, 0.5) is 5.69 Å². The maximum Gasteiger partial charge on any atom is 0.224 e. The second-order valence-electron chi connectivity index (χ2n) is 7.04. The van der Waals surface area contributed by atoms with Crippen molar-refractivity contribution in [1.82, 2.24) is 14.7 Å². The van der Waals surface area contributed by atoms with Crippen LogP contribution in [0.15, 0.2) is 30.3 Å². The number of likely N-dealkylation sites (N-methyl/N-ethyl adjacent to an activating group) is 1. The van der Waals surface area contributed by atoms with E-state index in [2.05, 4.69) is 22.2 Å². The standard InChI is InChI=1S/C19H28N4O2/c1-21-11-13-22(14-12-21)17-9-10-23(15-17)19(25)8-7-18(24)20-16-5-3-2-4-6-16/h2-6,17H,7-15H2,1H3,(H,20,24)/t17-/m1/s1.